The number of ether oxygens (including phenoxy) is 3. The molecular formula is C28H22N4O7S. The normalized spacial score (nSPS) is 14.8. The summed E-state index contributed by atoms with van der Waals surface area (Å²) in [4.78, 5) is 46.1. The van der Waals surface area contributed by atoms with Gasteiger partial charge in [-0.1, -0.05) is 47.7 Å². The number of thiazole rings is 1. The molecule has 0 bridgehead atoms. The van der Waals surface area contributed by atoms with Crippen LogP contribution in [0.4, 0.5) is 5.69 Å². The molecule has 4 aromatic rings. The lowest BCUT2D eigenvalue weighted by molar-refractivity contribution is -0.386. The molecule has 3 heterocycles. The Kier molecular flexibility index (Phi) is 7.25. The summed E-state index contributed by atoms with van der Waals surface area (Å²) in [5.41, 5.74) is 1.51. The first-order valence-electron chi connectivity index (χ1n) is 11.9. The average Bonchev–Trinajstić information content (AvgIpc) is 3.27. The minimum atomic E-state index is -0.702. The number of allylic oxidation sites excluding steroid dienone is 1. The fourth-order valence-electron chi connectivity index (χ4n) is 4.36. The van der Waals surface area contributed by atoms with Crippen LogP contribution in [0, 0.1) is 10.1 Å². The second-order valence-corrected chi connectivity index (χ2v) is 9.59. The van der Waals surface area contributed by atoms with Crippen molar-refractivity contribution in [1.29, 1.82) is 0 Å². The average molecular weight is 559 g/mol. The maximum Gasteiger partial charge on any atom is 0.338 e. The van der Waals surface area contributed by atoms with Crippen LogP contribution in [0.3, 0.4) is 0 Å². The molecule has 40 heavy (non-hydrogen) atoms. The number of fused-ring (bicyclic) bond motifs is 1. The van der Waals surface area contributed by atoms with E-state index in [1.807, 2.05) is 30.3 Å². The number of carbonyl (C=O) groups is 1. The van der Waals surface area contributed by atoms with Gasteiger partial charge in [0.2, 0.25) is 0 Å². The smallest absolute Gasteiger partial charge is 0.338 e. The third kappa shape index (κ3) is 4.87. The van der Waals surface area contributed by atoms with Gasteiger partial charge in [0.25, 0.3) is 11.4 Å². The zero-order valence-electron chi connectivity index (χ0n) is 21.6. The van der Waals surface area contributed by atoms with E-state index in [2.05, 4.69) is 9.98 Å². The zero-order chi connectivity index (χ0) is 28.4. The molecule has 0 radical (unpaired) electrons. The van der Waals surface area contributed by atoms with E-state index in [-0.39, 0.29) is 28.6 Å². The van der Waals surface area contributed by atoms with Crippen LogP contribution in [0.2, 0.25) is 0 Å². The highest BCUT2D eigenvalue weighted by atomic mass is 32.1. The molecule has 2 aromatic carbocycles. The highest BCUT2D eigenvalue weighted by Crippen LogP contribution is 2.35. The molecule has 5 rings (SSSR count). The lowest BCUT2D eigenvalue weighted by Gasteiger charge is -2.24. The Morgan fingerprint density at radius 2 is 1.88 bits per heavy atom. The molecule has 0 saturated heterocycles. The Morgan fingerprint density at radius 3 is 2.58 bits per heavy atom. The molecule has 1 aliphatic rings. The first-order valence-corrected chi connectivity index (χ1v) is 12.7. The van der Waals surface area contributed by atoms with Crippen molar-refractivity contribution in [1.82, 2.24) is 9.55 Å². The van der Waals surface area contributed by atoms with Crippen molar-refractivity contribution in [2.24, 2.45) is 4.99 Å². The highest BCUT2D eigenvalue weighted by molar-refractivity contribution is 7.07. The molecule has 1 atom stereocenters. The summed E-state index contributed by atoms with van der Waals surface area (Å²) < 4.78 is 18.0. The zero-order valence-corrected chi connectivity index (χ0v) is 22.4. The molecule has 0 fully saturated rings. The van der Waals surface area contributed by atoms with Crippen molar-refractivity contribution in [3.63, 3.8) is 0 Å². The summed E-state index contributed by atoms with van der Waals surface area (Å²) in [5.74, 6) is -0.236. The van der Waals surface area contributed by atoms with E-state index in [4.69, 9.17) is 14.2 Å². The number of carbonyl (C=O) groups excluding carboxylic acids is 1. The van der Waals surface area contributed by atoms with E-state index in [0.717, 1.165) is 5.56 Å². The van der Waals surface area contributed by atoms with Crippen LogP contribution in [0.25, 0.3) is 6.08 Å². The largest absolute Gasteiger partial charge is 0.493 e. The molecule has 0 N–H and O–H groups in total. The van der Waals surface area contributed by atoms with Crippen LogP contribution >= 0.6 is 11.3 Å². The molecule has 2 aromatic heterocycles. The van der Waals surface area contributed by atoms with E-state index in [9.17, 15) is 19.7 Å². The molecule has 0 aliphatic carbocycles. The third-order valence-corrected chi connectivity index (χ3v) is 7.17. The van der Waals surface area contributed by atoms with Gasteiger partial charge >= 0.3 is 11.7 Å². The van der Waals surface area contributed by atoms with Crippen molar-refractivity contribution in [2.45, 2.75) is 13.0 Å². The van der Waals surface area contributed by atoms with Gasteiger partial charge in [-0.3, -0.25) is 19.5 Å². The lowest BCUT2D eigenvalue weighted by atomic mass is 9.96. The van der Waals surface area contributed by atoms with Crippen LogP contribution in [-0.4, -0.2) is 34.7 Å². The van der Waals surface area contributed by atoms with Crippen molar-refractivity contribution < 1.29 is 23.9 Å². The maximum absolute atomic E-state index is 13.7. The number of rotatable bonds is 7. The lowest BCUT2D eigenvalue weighted by Crippen LogP contribution is -2.39. The van der Waals surface area contributed by atoms with Gasteiger partial charge in [-0.05, 0) is 42.3 Å². The predicted molar refractivity (Wildman–Crippen MR) is 146 cm³/mol. The molecule has 0 spiro atoms. The first-order chi connectivity index (χ1) is 19.3. The molecule has 12 heteroatoms. The maximum atomic E-state index is 13.7. The number of hydrogen-bond donors (Lipinski definition) is 0. The van der Waals surface area contributed by atoms with Gasteiger partial charge in [0.05, 0.1) is 41.0 Å². The second-order valence-electron chi connectivity index (χ2n) is 8.58. The summed E-state index contributed by atoms with van der Waals surface area (Å²) in [6.45, 7) is 1.72. The number of nitrogens with zero attached hydrogens (tertiary/aromatic N) is 4. The van der Waals surface area contributed by atoms with E-state index in [1.165, 1.54) is 48.5 Å². The van der Waals surface area contributed by atoms with Crippen LogP contribution in [0.5, 0.6) is 17.4 Å². The highest BCUT2D eigenvalue weighted by Gasteiger charge is 2.33. The van der Waals surface area contributed by atoms with Gasteiger partial charge in [-0.2, -0.15) is 0 Å². The third-order valence-electron chi connectivity index (χ3n) is 6.18. The van der Waals surface area contributed by atoms with Crippen LogP contribution < -0.4 is 24.4 Å². The number of nitro groups is 1. The fraction of sp³-hybridized carbons (Fsp3) is 0.143. The number of aromatic nitrogens is 2. The summed E-state index contributed by atoms with van der Waals surface area (Å²) in [5, 5.41) is 11.3. The van der Waals surface area contributed by atoms with Gasteiger partial charge < -0.3 is 14.2 Å². The van der Waals surface area contributed by atoms with Crippen LogP contribution in [0.15, 0.2) is 87.9 Å². The predicted octanol–water partition coefficient (Wildman–Crippen LogP) is 3.51. The van der Waals surface area contributed by atoms with Gasteiger partial charge in [0.15, 0.2) is 16.3 Å². The topological polar surface area (TPSA) is 135 Å². The molecular weight excluding hydrogens is 536 g/mol. The van der Waals surface area contributed by atoms with Crippen molar-refractivity contribution in [3.05, 3.63) is 119 Å². The van der Waals surface area contributed by atoms with Gasteiger partial charge in [-0.15, -0.1) is 0 Å². The quantitative estimate of drug-likeness (QED) is 0.191. The molecule has 0 saturated carbocycles. The number of methoxy groups -OCH3 is 2. The summed E-state index contributed by atoms with van der Waals surface area (Å²) >= 11 is 1.19. The Balaban J connectivity index is 1.59. The minimum Gasteiger partial charge on any atom is -0.493 e. The van der Waals surface area contributed by atoms with E-state index >= 15 is 0 Å². The molecule has 1 aliphatic heterocycles. The van der Waals surface area contributed by atoms with E-state index in [1.54, 1.807) is 31.2 Å². The number of benzene rings is 2. The molecule has 0 amide bonds. The Bertz CT molecular complexity index is 1840. The Hall–Kier alpha value is -5.10. The monoisotopic (exact) mass is 558 g/mol. The number of pyridine rings is 1. The molecule has 202 valence electrons. The van der Waals surface area contributed by atoms with E-state index < -0.39 is 16.9 Å². The van der Waals surface area contributed by atoms with Crippen LogP contribution in [-0.2, 0) is 9.53 Å². The van der Waals surface area contributed by atoms with Crippen molar-refractivity contribution >= 4 is 29.1 Å². The standard InChI is InChI=1S/C28H22N4O7S/c1-16-23(27(34)38-3)24(18-8-5-4-6-9-18)31-26(33)22(40-28(31)30-16)15-17-11-12-20(21(14-17)37-2)39-25-19(32(35)36)10-7-13-29-25/h4-15,24H,1-3H3. The van der Waals surface area contributed by atoms with E-state index in [0.29, 0.717) is 26.2 Å². The van der Waals surface area contributed by atoms with Crippen molar-refractivity contribution in [3.8, 4) is 17.4 Å². The number of esters is 1. The summed E-state index contributed by atoms with van der Waals surface area (Å²) in [6.07, 6.45) is 3.07. The summed E-state index contributed by atoms with van der Waals surface area (Å²) in [6, 6.07) is 16.2. The van der Waals surface area contributed by atoms with Crippen LogP contribution in [0.1, 0.15) is 24.1 Å². The Labute approximate surface area is 231 Å². The van der Waals surface area contributed by atoms with Crippen molar-refractivity contribution in [2.75, 3.05) is 14.2 Å². The van der Waals surface area contributed by atoms with Gasteiger partial charge in [-0.25, -0.2) is 14.8 Å². The van der Waals surface area contributed by atoms with Gasteiger partial charge in [0, 0.05) is 12.3 Å². The molecule has 11 nitrogen and oxygen atoms in total. The Morgan fingerprint density at radius 1 is 1.10 bits per heavy atom. The first kappa shape index (κ1) is 26.5. The SMILES string of the molecule is COC(=O)C1=C(C)N=c2sc(=Cc3ccc(Oc4ncccc4[N+](=O)[O-])c(OC)c3)c(=O)n2C1c1ccccc1. The molecule has 1 unspecified atom stereocenters. The second kappa shape index (κ2) is 10.9. The van der Waals surface area contributed by atoms with Gasteiger partial charge in [0.1, 0.15) is 0 Å². The minimum absolute atomic E-state index is 0.176. The number of hydrogen-bond acceptors (Lipinski definition) is 10. The summed E-state index contributed by atoms with van der Waals surface area (Å²) in [7, 11) is 2.73. The fourth-order valence-corrected chi connectivity index (χ4v) is 5.40.